The molecule has 2 N–H and O–H groups in total. The molecule has 2 aliphatic heterocycles. The van der Waals surface area contributed by atoms with Crippen LogP contribution in [0.25, 0.3) is 0 Å². The van der Waals surface area contributed by atoms with Crippen molar-refractivity contribution in [2.45, 2.75) is 37.3 Å². The second-order valence-corrected chi connectivity index (χ2v) is 6.16. The molecule has 0 bridgehead atoms. The summed E-state index contributed by atoms with van der Waals surface area (Å²) >= 11 is 3.49. The Morgan fingerprint density at radius 2 is 2.17 bits per heavy atom. The van der Waals surface area contributed by atoms with Crippen molar-refractivity contribution in [3.63, 3.8) is 0 Å². The molecule has 1 aromatic carbocycles. The summed E-state index contributed by atoms with van der Waals surface area (Å²) < 4.78 is 12.9. The van der Waals surface area contributed by atoms with Crippen LogP contribution in [0.1, 0.15) is 37.3 Å². The lowest BCUT2D eigenvalue weighted by Crippen LogP contribution is -2.43. The molecule has 2 heterocycles. The van der Waals surface area contributed by atoms with Crippen LogP contribution >= 0.6 is 15.9 Å². The summed E-state index contributed by atoms with van der Waals surface area (Å²) in [6.07, 6.45) is 3.92. The first-order valence-corrected chi connectivity index (χ1v) is 7.30. The highest BCUT2D eigenvalue weighted by Gasteiger charge is 2.40. The average molecular weight is 312 g/mol. The lowest BCUT2D eigenvalue weighted by Gasteiger charge is -2.40. The highest BCUT2D eigenvalue weighted by atomic mass is 79.9. The van der Waals surface area contributed by atoms with Crippen molar-refractivity contribution < 1.29 is 9.47 Å². The molecule has 0 amide bonds. The van der Waals surface area contributed by atoms with Crippen LogP contribution in [0.5, 0.6) is 5.75 Å². The Kier molecular flexibility index (Phi) is 3.34. The molecule has 1 aromatic rings. The van der Waals surface area contributed by atoms with E-state index < -0.39 is 0 Å². The van der Waals surface area contributed by atoms with E-state index in [1.54, 1.807) is 0 Å². The molecule has 3 rings (SSSR count). The Labute approximate surface area is 116 Å². The third-order valence-electron chi connectivity index (χ3n) is 3.92. The third-order valence-corrected chi connectivity index (χ3v) is 4.41. The van der Waals surface area contributed by atoms with Gasteiger partial charge in [-0.3, -0.25) is 0 Å². The molecule has 1 spiro atoms. The Morgan fingerprint density at radius 3 is 3.06 bits per heavy atom. The quantitative estimate of drug-likeness (QED) is 0.800. The van der Waals surface area contributed by atoms with Crippen molar-refractivity contribution in [1.29, 1.82) is 0 Å². The molecule has 4 heteroatoms. The molecule has 3 nitrogen and oxygen atoms in total. The molecule has 1 fully saturated rings. The first-order chi connectivity index (χ1) is 8.69. The Balaban J connectivity index is 1.93. The van der Waals surface area contributed by atoms with E-state index in [4.69, 9.17) is 15.2 Å². The Morgan fingerprint density at radius 1 is 1.28 bits per heavy atom. The maximum absolute atomic E-state index is 6.32. The summed E-state index contributed by atoms with van der Waals surface area (Å²) in [5, 5.41) is 0. The van der Waals surface area contributed by atoms with E-state index in [9.17, 15) is 0 Å². The summed E-state index contributed by atoms with van der Waals surface area (Å²) in [5.74, 6) is 0.935. The molecule has 0 saturated carbocycles. The van der Waals surface area contributed by atoms with Gasteiger partial charge in [0.2, 0.25) is 0 Å². The van der Waals surface area contributed by atoms with Gasteiger partial charge in [0, 0.05) is 35.5 Å². The van der Waals surface area contributed by atoms with Crippen LogP contribution in [0.3, 0.4) is 0 Å². The topological polar surface area (TPSA) is 44.5 Å². The predicted molar refractivity (Wildman–Crippen MR) is 73.7 cm³/mol. The van der Waals surface area contributed by atoms with Gasteiger partial charge in [-0.25, -0.2) is 0 Å². The number of ether oxygens (including phenoxy) is 2. The van der Waals surface area contributed by atoms with Crippen LogP contribution in [0.2, 0.25) is 0 Å². The van der Waals surface area contributed by atoms with Crippen LogP contribution in [0, 0.1) is 0 Å². The van der Waals surface area contributed by atoms with E-state index in [1.807, 2.05) is 12.1 Å². The van der Waals surface area contributed by atoms with Crippen molar-refractivity contribution in [3.05, 3.63) is 28.2 Å². The van der Waals surface area contributed by atoms with Gasteiger partial charge in [-0.1, -0.05) is 22.0 Å². The normalized spacial score (nSPS) is 31.6. The summed E-state index contributed by atoms with van der Waals surface area (Å²) in [7, 11) is 0. The SMILES string of the molecule is N[C@@H]1CC2(CCCOCC2)Oc2cc(Br)ccc21. The molecule has 0 aromatic heterocycles. The zero-order chi connectivity index (χ0) is 12.6. The first kappa shape index (κ1) is 12.5. The van der Waals surface area contributed by atoms with Gasteiger partial charge in [0.15, 0.2) is 0 Å². The monoisotopic (exact) mass is 311 g/mol. The predicted octanol–water partition coefficient (Wildman–Crippen LogP) is 3.17. The van der Waals surface area contributed by atoms with E-state index in [2.05, 4.69) is 22.0 Å². The van der Waals surface area contributed by atoms with E-state index in [0.29, 0.717) is 0 Å². The summed E-state index contributed by atoms with van der Waals surface area (Å²) in [6, 6.07) is 6.18. The van der Waals surface area contributed by atoms with Crippen LogP contribution in [-0.2, 0) is 4.74 Å². The fourth-order valence-electron chi connectivity index (χ4n) is 2.98. The number of halogens is 1. The number of benzene rings is 1. The lowest BCUT2D eigenvalue weighted by molar-refractivity contribution is 0.0155. The van der Waals surface area contributed by atoms with Crippen molar-refractivity contribution in [2.24, 2.45) is 5.73 Å². The van der Waals surface area contributed by atoms with Gasteiger partial charge in [-0.15, -0.1) is 0 Å². The van der Waals surface area contributed by atoms with Gasteiger partial charge >= 0.3 is 0 Å². The van der Waals surface area contributed by atoms with E-state index in [1.165, 1.54) is 0 Å². The molecule has 98 valence electrons. The lowest BCUT2D eigenvalue weighted by atomic mass is 9.83. The number of hydrogen-bond acceptors (Lipinski definition) is 3. The standard InChI is InChI=1S/C14H18BrNO2/c15-10-2-3-11-12(16)9-14(18-13(11)8-10)4-1-6-17-7-5-14/h2-3,8,12H,1,4-7,9,16H2/t12-,14?/m1/s1. The van der Waals surface area contributed by atoms with Crippen molar-refractivity contribution in [2.75, 3.05) is 13.2 Å². The fourth-order valence-corrected chi connectivity index (χ4v) is 3.32. The fraction of sp³-hybridized carbons (Fsp3) is 0.571. The summed E-state index contributed by atoms with van der Waals surface area (Å²) in [5.41, 5.74) is 7.31. The third kappa shape index (κ3) is 2.29. The molecule has 0 radical (unpaired) electrons. The van der Waals surface area contributed by atoms with E-state index >= 15 is 0 Å². The Hall–Kier alpha value is -0.580. The number of nitrogens with two attached hydrogens (primary N) is 1. The summed E-state index contributed by atoms with van der Waals surface area (Å²) in [6.45, 7) is 1.61. The highest BCUT2D eigenvalue weighted by Crippen LogP contribution is 2.43. The number of rotatable bonds is 0. The molecule has 2 aliphatic rings. The minimum Gasteiger partial charge on any atom is -0.487 e. The van der Waals surface area contributed by atoms with Crippen LogP contribution in [0.4, 0.5) is 0 Å². The smallest absolute Gasteiger partial charge is 0.126 e. The molecule has 18 heavy (non-hydrogen) atoms. The molecule has 2 atom stereocenters. The van der Waals surface area contributed by atoms with Crippen LogP contribution in [-0.4, -0.2) is 18.8 Å². The van der Waals surface area contributed by atoms with Gasteiger partial charge in [0.1, 0.15) is 11.4 Å². The Bertz CT molecular complexity index is 441. The molecular weight excluding hydrogens is 294 g/mol. The van der Waals surface area contributed by atoms with Gasteiger partial charge < -0.3 is 15.2 Å². The van der Waals surface area contributed by atoms with Gasteiger partial charge in [0.25, 0.3) is 0 Å². The van der Waals surface area contributed by atoms with Crippen LogP contribution in [0.15, 0.2) is 22.7 Å². The maximum Gasteiger partial charge on any atom is 0.126 e. The molecule has 1 saturated heterocycles. The number of hydrogen-bond donors (Lipinski definition) is 1. The highest BCUT2D eigenvalue weighted by molar-refractivity contribution is 9.10. The van der Waals surface area contributed by atoms with Gasteiger partial charge in [0.05, 0.1) is 6.61 Å². The van der Waals surface area contributed by atoms with Gasteiger partial charge in [-0.2, -0.15) is 0 Å². The molecular formula is C14H18BrNO2. The molecule has 1 unspecified atom stereocenters. The van der Waals surface area contributed by atoms with Crippen molar-refractivity contribution in [3.8, 4) is 5.75 Å². The van der Waals surface area contributed by atoms with Crippen LogP contribution < -0.4 is 10.5 Å². The van der Waals surface area contributed by atoms with E-state index in [-0.39, 0.29) is 11.6 Å². The van der Waals surface area contributed by atoms with E-state index in [0.717, 1.165) is 54.7 Å². The second-order valence-electron chi connectivity index (χ2n) is 5.24. The van der Waals surface area contributed by atoms with Crippen molar-refractivity contribution >= 4 is 15.9 Å². The van der Waals surface area contributed by atoms with Gasteiger partial charge in [-0.05, 0) is 25.0 Å². The second kappa shape index (κ2) is 4.83. The summed E-state index contributed by atoms with van der Waals surface area (Å²) in [4.78, 5) is 0. The largest absolute Gasteiger partial charge is 0.487 e. The van der Waals surface area contributed by atoms with Crippen molar-refractivity contribution in [1.82, 2.24) is 0 Å². The zero-order valence-corrected chi connectivity index (χ0v) is 11.9. The number of fused-ring (bicyclic) bond motifs is 1. The first-order valence-electron chi connectivity index (χ1n) is 6.50. The minimum atomic E-state index is -0.121. The average Bonchev–Trinajstić information content (AvgIpc) is 2.54. The zero-order valence-electron chi connectivity index (χ0n) is 10.3. The minimum absolute atomic E-state index is 0.0694. The molecule has 0 aliphatic carbocycles. The maximum atomic E-state index is 6.32.